The van der Waals surface area contributed by atoms with Crippen LogP contribution in [0.2, 0.25) is 4.34 Å². The Hall–Kier alpha value is -1.07. The van der Waals surface area contributed by atoms with Gasteiger partial charge in [0.15, 0.2) is 0 Å². The normalized spacial score (nSPS) is 25.1. The summed E-state index contributed by atoms with van der Waals surface area (Å²) in [7, 11) is 0. The predicted octanol–water partition coefficient (Wildman–Crippen LogP) is 3.83. The molecule has 22 heavy (non-hydrogen) atoms. The second kappa shape index (κ2) is 5.85. The number of carbonyl (C=O) groups excluding carboxylic acids is 1. The molecule has 2 fully saturated rings. The lowest BCUT2D eigenvalue weighted by Crippen LogP contribution is -2.46. The third kappa shape index (κ3) is 2.76. The van der Waals surface area contributed by atoms with Crippen molar-refractivity contribution in [2.45, 2.75) is 63.1 Å². The SMILES string of the molecule is O=C(C1CC(c2ccc(Cl)s2)=NO1)N(C1CCCC1)C1CC1. The van der Waals surface area contributed by atoms with E-state index in [2.05, 4.69) is 10.1 Å². The quantitative estimate of drug-likeness (QED) is 0.837. The number of halogens is 1. The molecule has 3 aliphatic rings. The summed E-state index contributed by atoms with van der Waals surface area (Å²) in [5, 5.41) is 4.13. The van der Waals surface area contributed by atoms with Crippen LogP contribution in [0.1, 0.15) is 49.8 Å². The van der Waals surface area contributed by atoms with Crippen LogP contribution < -0.4 is 0 Å². The average Bonchev–Trinajstić information content (AvgIpc) is 2.97. The molecule has 2 saturated carbocycles. The minimum atomic E-state index is -0.447. The first-order chi connectivity index (χ1) is 10.7. The van der Waals surface area contributed by atoms with Gasteiger partial charge in [-0.2, -0.15) is 0 Å². The predicted molar refractivity (Wildman–Crippen MR) is 87.5 cm³/mol. The Balaban J connectivity index is 1.45. The Morgan fingerprint density at radius 1 is 1.23 bits per heavy atom. The number of rotatable bonds is 4. The highest BCUT2D eigenvalue weighted by Crippen LogP contribution is 2.36. The van der Waals surface area contributed by atoms with Crippen LogP contribution in [0.3, 0.4) is 0 Å². The summed E-state index contributed by atoms with van der Waals surface area (Å²) in [5.41, 5.74) is 0.845. The number of carbonyl (C=O) groups is 1. The number of thiophene rings is 1. The van der Waals surface area contributed by atoms with Crippen LogP contribution in [0.25, 0.3) is 0 Å². The van der Waals surface area contributed by atoms with Crippen molar-refractivity contribution in [1.29, 1.82) is 0 Å². The van der Waals surface area contributed by atoms with E-state index in [-0.39, 0.29) is 5.91 Å². The molecule has 4 rings (SSSR count). The van der Waals surface area contributed by atoms with Gasteiger partial charge in [-0.3, -0.25) is 4.79 Å². The number of hydrogen-bond donors (Lipinski definition) is 0. The summed E-state index contributed by atoms with van der Waals surface area (Å²) in [6.07, 6.45) is 7.16. The highest BCUT2D eigenvalue weighted by molar-refractivity contribution is 7.18. The molecule has 1 aromatic rings. The van der Waals surface area contributed by atoms with Gasteiger partial charge in [-0.05, 0) is 37.8 Å². The highest BCUT2D eigenvalue weighted by Gasteiger charge is 2.43. The summed E-state index contributed by atoms with van der Waals surface area (Å²) in [5.74, 6) is 0.135. The maximum Gasteiger partial charge on any atom is 0.267 e. The van der Waals surface area contributed by atoms with Crippen molar-refractivity contribution < 1.29 is 9.63 Å². The van der Waals surface area contributed by atoms with E-state index in [0.717, 1.165) is 40.6 Å². The van der Waals surface area contributed by atoms with E-state index in [0.29, 0.717) is 18.5 Å². The summed E-state index contributed by atoms with van der Waals surface area (Å²) < 4.78 is 0.734. The second-order valence-electron chi connectivity index (χ2n) is 6.35. The van der Waals surface area contributed by atoms with Gasteiger partial charge < -0.3 is 9.74 Å². The third-order valence-electron chi connectivity index (χ3n) is 4.71. The lowest BCUT2D eigenvalue weighted by Gasteiger charge is -2.30. The molecule has 4 nitrogen and oxygen atoms in total. The van der Waals surface area contributed by atoms with E-state index >= 15 is 0 Å². The average molecular weight is 339 g/mol. The zero-order chi connectivity index (χ0) is 15.1. The molecule has 0 aromatic carbocycles. The fourth-order valence-electron chi connectivity index (χ4n) is 3.48. The van der Waals surface area contributed by atoms with Crippen molar-refractivity contribution >= 4 is 34.6 Å². The lowest BCUT2D eigenvalue weighted by molar-refractivity contribution is -0.145. The van der Waals surface area contributed by atoms with Gasteiger partial charge in [-0.15, -0.1) is 11.3 Å². The molecule has 0 radical (unpaired) electrons. The highest BCUT2D eigenvalue weighted by atomic mass is 35.5. The van der Waals surface area contributed by atoms with Crippen LogP contribution in [0.4, 0.5) is 0 Å². The van der Waals surface area contributed by atoms with Gasteiger partial charge in [0.2, 0.25) is 6.10 Å². The molecular weight excluding hydrogens is 320 g/mol. The number of hydrogen-bond acceptors (Lipinski definition) is 4. The van der Waals surface area contributed by atoms with Crippen molar-refractivity contribution in [2.24, 2.45) is 5.16 Å². The first kappa shape index (κ1) is 14.5. The Bertz CT molecular complexity index is 605. The van der Waals surface area contributed by atoms with Gasteiger partial charge in [-0.25, -0.2) is 0 Å². The van der Waals surface area contributed by atoms with Crippen LogP contribution in [-0.2, 0) is 9.63 Å². The minimum absolute atomic E-state index is 0.135. The maximum atomic E-state index is 12.9. The Morgan fingerprint density at radius 2 is 1.95 bits per heavy atom. The standard InChI is InChI=1S/C16H19ClN2O2S/c17-15-8-7-14(22-15)12-9-13(21-18-12)16(20)19(11-5-6-11)10-3-1-2-4-10/h7-8,10-11,13H,1-6,9H2. The molecule has 0 saturated heterocycles. The minimum Gasteiger partial charge on any atom is -0.382 e. The van der Waals surface area contributed by atoms with Crippen molar-refractivity contribution in [2.75, 3.05) is 0 Å². The number of amides is 1. The Labute approximate surface area is 139 Å². The molecular formula is C16H19ClN2O2S. The molecule has 0 N–H and O–H groups in total. The van der Waals surface area contributed by atoms with Crippen molar-refractivity contribution in [3.05, 3.63) is 21.3 Å². The molecule has 0 spiro atoms. The van der Waals surface area contributed by atoms with Crippen LogP contribution >= 0.6 is 22.9 Å². The van der Waals surface area contributed by atoms with Gasteiger partial charge in [0.1, 0.15) is 5.71 Å². The molecule has 1 atom stereocenters. The van der Waals surface area contributed by atoms with Crippen LogP contribution in [0.15, 0.2) is 17.3 Å². The topological polar surface area (TPSA) is 41.9 Å². The third-order valence-corrected chi connectivity index (χ3v) is 5.99. The fraction of sp³-hybridized carbons (Fsp3) is 0.625. The van der Waals surface area contributed by atoms with Crippen molar-refractivity contribution in [3.8, 4) is 0 Å². The van der Waals surface area contributed by atoms with Gasteiger partial charge >= 0.3 is 0 Å². The molecule has 2 heterocycles. The Morgan fingerprint density at radius 3 is 2.59 bits per heavy atom. The van der Waals surface area contributed by atoms with Crippen LogP contribution in [0, 0.1) is 0 Å². The maximum absolute atomic E-state index is 12.9. The van der Waals surface area contributed by atoms with E-state index in [1.54, 1.807) is 0 Å². The summed E-state index contributed by atoms with van der Waals surface area (Å²) >= 11 is 7.45. The lowest BCUT2D eigenvalue weighted by atomic mass is 10.1. The van der Waals surface area contributed by atoms with Crippen LogP contribution in [-0.4, -0.2) is 34.7 Å². The largest absolute Gasteiger partial charge is 0.382 e. The number of nitrogens with zero attached hydrogens (tertiary/aromatic N) is 2. The fourth-order valence-corrected chi connectivity index (χ4v) is 4.52. The van der Waals surface area contributed by atoms with E-state index in [9.17, 15) is 4.79 Å². The molecule has 1 aliphatic heterocycles. The molecule has 2 aliphatic carbocycles. The zero-order valence-corrected chi connectivity index (χ0v) is 13.9. The van der Waals surface area contributed by atoms with Gasteiger partial charge in [0.05, 0.1) is 9.21 Å². The second-order valence-corrected chi connectivity index (χ2v) is 8.07. The smallest absolute Gasteiger partial charge is 0.267 e. The Kier molecular flexibility index (Phi) is 3.86. The van der Waals surface area contributed by atoms with Crippen molar-refractivity contribution in [3.63, 3.8) is 0 Å². The van der Waals surface area contributed by atoms with Crippen LogP contribution in [0.5, 0.6) is 0 Å². The van der Waals surface area contributed by atoms with E-state index < -0.39 is 6.10 Å². The summed E-state index contributed by atoms with van der Waals surface area (Å²) in [4.78, 5) is 21.5. The van der Waals surface area contributed by atoms with E-state index in [1.165, 1.54) is 24.2 Å². The van der Waals surface area contributed by atoms with Crippen molar-refractivity contribution in [1.82, 2.24) is 4.90 Å². The van der Waals surface area contributed by atoms with E-state index in [1.807, 2.05) is 12.1 Å². The first-order valence-corrected chi connectivity index (χ1v) is 9.22. The molecule has 0 bridgehead atoms. The summed E-state index contributed by atoms with van der Waals surface area (Å²) in [6, 6.07) is 4.66. The molecule has 6 heteroatoms. The van der Waals surface area contributed by atoms with Gasteiger partial charge in [0.25, 0.3) is 5.91 Å². The molecule has 118 valence electrons. The number of oxime groups is 1. The zero-order valence-electron chi connectivity index (χ0n) is 12.3. The van der Waals surface area contributed by atoms with Gasteiger partial charge in [0, 0.05) is 18.5 Å². The first-order valence-electron chi connectivity index (χ1n) is 8.03. The molecule has 1 amide bonds. The molecule has 1 unspecified atom stereocenters. The summed E-state index contributed by atoms with van der Waals surface area (Å²) in [6.45, 7) is 0. The monoisotopic (exact) mass is 338 g/mol. The van der Waals surface area contributed by atoms with Gasteiger partial charge in [-0.1, -0.05) is 29.6 Å². The molecule has 1 aromatic heterocycles. The van der Waals surface area contributed by atoms with E-state index in [4.69, 9.17) is 16.4 Å².